The Hall–Kier alpha value is -2.05. The summed E-state index contributed by atoms with van der Waals surface area (Å²) in [4.78, 5) is 23.9. The fraction of sp³-hybridized carbons (Fsp3) is 0.450. The van der Waals surface area contributed by atoms with Crippen LogP contribution in [0.3, 0.4) is 0 Å². The summed E-state index contributed by atoms with van der Waals surface area (Å²) in [5.74, 6) is 1.24. The summed E-state index contributed by atoms with van der Waals surface area (Å²) in [6, 6.07) is 6.99. The van der Waals surface area contributed by atoms with Gasteiger partial charge in [0.05, 0.1) is 0 Å². The quantitative estimate of drug-likeness (QED) is 0.695. The first-order valence-corrected chi connectivity index (χ1v) is 9.64. The van der Waals surface area contributed by atoms with Crippen LogP contribution in [-0.2, 0) is 0 Å². The Labute approximate surface area is 177 Å². The van der Waals surface area contributed by atoms with Crippen molar-refractivity contribution in [1.29, 1.82) is 0 Å². The summed E-state index contributed by atoms with van der Waals surface area (Å²) in [5.41, 5.74) is 0.996. The Morgan fingerprint density at radius 2 is 1.93 bits per heavy atom. The second kappa shape index (κ2) is 9.43. The molecule has 0 spiro atoms. The summed E-state index contributed by atoms with van der Waals surface area (Å²) in [5, 5.41) is 7.15. The summed E-state index contributed by atoms with van der Waals surface area (Å²) in [7, 11) is 3.91. The van der Waals surface area contributed by atoms with Crippen LogP contribution in [-0.4, -0.2) is 35.6 Å². The Kier molecular flexibility index (Phi) is 7.49. The van der Waals surface area contributed by atoms with E-state index in [1.54, 1.807) is 30.5 Å². The molecule has 3 rings (SSSR count). The average Bonchev–Trinajstić information content (AvgIpc) is 2.64. The van der Waals surface area contributed by atoms with E-state index in [9.17, 15) is 4.79 Å². The molecule has 1 aliphatic carbocycles. The molecule has 1 fully saturated rings. The summed E-state index contributed by atoms with van der Waals surface area (Å²) in [6.45, 7) is 1.98. The van der Waals surface area contributed by atoms with Crippen LogP contribution in [0, 0.1) is 6.92 Å². The van der Waals surface area contributed by atoms with Crippen LogP contribution in [0.5, 0.6) is 0 Å². The van der Waals surface area contributed by atoms with Gasteiger partial charge in [0, 0.05) is 36.4 Å². The third kappa shape index (κ3) is 5.26. The van der Waals surface area contributed by atoms with Gasteiger partial charge in [0.1, 0.15) is 11.5 Å². The van der Waals surface area contributed by atoms with Crippen molar-refractivity contribution in [3.63, 3.8) is 0 Å². The van der Waals surface area contributed by atoms with Crippen LogP contribution in [0.2, 0.25) is 5.02 Å². The predicted octanol–water partition coefficient (Wildman–Crippen LogP) is 4.43. The molecule has 1 amide bonds. The van der Waals surface area contributed by atoms with Gasteiger partial charge in [-0.05, 0) is 50.8 Å². The van der Waals surface area contributed by atoms with Gasteiger partial charge in [0.25, 0.3) is 5.91 Å². The first-order chi connectivity index (χ1) is 12.9. The first-order valence-electron chi connectivity index (χ1n) is 9.26. The number of carbonyl (C=O) groups excluding carboxylic acids is 1. The summed E-state index contributed by atoms with van der Waals surface area (Å²) in [6.07, 6.45) is 6.69. The fourth-order valence-corrected chi connectivity index (χ4v) is 3.71. The van der Waals surface area contributed by atoms with Gasteiger partial charge in [-0.25, -0.2) is 4.98 Å². The van der Waals surface area contributed by atoms with E-state index >= 15 is 0 Å². The van der Waals surface area contributed by atoms with Gasteiger partial charge in [-0.3, -0.25) is 4.79 Å². The van der Waals surface area contributed by atoms with Crippen LogP contribution in [0.4, 0.5) is 11.8 Å². The van der Waals surface area contributed by atoms with Crippen molar-refractivity contribution in [2.45, 2.75) is 44.7 Å². The molecule has 0 unspecified atom stereocenters. The standard InChI is InChI=1S/C20H26ClN5O.ClH/c1-14-13-22-19(23-17(14)26(2)3)25-20(10-5-4-6-11-20)24-18(27)15-8-7-9-16(21)12-15;/h7-9,12-13H,4-6,10-11H2,1-3H3,(H,24,27)(H,22,23,25);1H. The average molecular weight is 424 g/mol. The van der Waals surface area contributed by atoms with Crippen molar-refractivity contribution in [1.82, 2.24) is 15.3 Å². The molecule has 8 heteroatoms. The molecule has 0 saturated heterocycles. The Bertz CT molecular complexity index is 822. The number of nitrogens with zero attached hydrogens (tertiary/aromatic N) is 3. The molecular weight excluding hydrogens is 397 g/mol. The van der Waals surface area contributed by atoms with Gasteiger partial charge in [-0.1, -0.05) is 24.1 Å². The van der Waals surface area contributed by atoms with E-state index < -0.39 is 5.66 Å². The molecule has 1 aliphatic rings. The molecule has 28 heavy (non-hydrogen) atoms. The number of aromatic nitrogens is 2. The van der Waals surface area contributed by atoms with Crippen molar-refractivity contribution in [2.75, 3.05) is 24.3 Å². The number of halogens is 2. The highest BCUT2D eigenvalue weighted by molar-refractivity contribution is 6.30. The SMILES string of the molecule is Cc1cnc(NC2(NC(=O)c3cccc(Cl)c3)CCCCC2)nc1N(C)C.Cl. The predicted molar refractivity (Wildman–Crippen MR) is 117 cm³/mol. The zero-order chi connectivity index (χ0) is 19.4. The molecule has 1 aromatic carbocycles. The lowest BCUT2D eigenvalue weighted by atomic mass is 9.88. The topological polar surface area (TPSA) is 70.1 Å². The number of hydrogen-bond donors (Lipinski definition) is 2. The Balaban J connectivity index is 0.00000280. The molecule has 0 radical (unpaired) electrons. The van der Waals surface area contributed by atoms with Gasteiger partial charge in [0.2, 0.25) is 5.95 Å². The van der Waals surface area contributed by atoms with Gasteiger partial charge in [-0.15, -0.1) is 12.4 Å². The molecule has 0 bridgehead atoms. The van der Waals surface area contributed by atoms with E-state index in [2.05, 4.69) is 20.6 Å². The van der Waals surface area contributed by atoms with Crippen molar-refractivity contribution >= 4 is 41.7 Å². The fourth-order valence-electron chi connectivity index (χ4n) is 3.52. The largest absolute Gasteiger partial charge is 0.362 e. The van der Waals surface area contributed by atoms with E-state index in [0.29, 0.717) is 16.5 Å². The van der Waals surface area contributed by atoms with Gasteiger partial charge < -0.3 is 15.5 Å². The zero-order valence-corrected chi connectivity index (χ0v) is 18.0. The normalized spacial score (nSPS) is 15.3. The smallest absolute Gasteiger partial charge is 0.253 e. The van der Waals surface area contributed by atoms with E-state index in [4.69, 9.17) is 11.6 Å². The molecule has 2 aromatic rings. The molecule has 1 aromatic heterocycles. The molecular formula is C20H27Cl2N5O. The lowest BCUT2D eigenvalue weighted by Gasteiger charge is -2.39. The lowest BCUT2D eigenvalue weighted by molar-refractivity contribution is 0.0888. The lowest BCUT2D eigenvalue weighted by Crippen LogP contribution is -2.55. The number of aryl methyl sites for hydroxylation is 1. The number of hydrogen-bond acceptors (Lipinski definition) is 5. The Morgan fingerprint density at radius 3 is 2.57 bits per heavy atom. The van der Waals surface area contributed by atoms with E-state index in [1.165, 1.54) is 0 Å². The molecule has 6 nitrogen and oxygen atoms in total. The highest BCUT2D eigenvalue weighted by atomic mass is 35.5. The van der Waals surface area contributed by atoms with Crippen molar-refractivity contribution in [3.05, 3.63) is 46.6 Å². The molecule has 0 aliphatic heterocycles. The second-order valence-electron chi connectivity index (χ2n) is 7.33. The molecule has 152 valence electrons. The summed E-state index contributed by atoms with van der Waals surface area (Å²) >= 11 is 6.04. The maximum atomic E-state index is 12.8. The molecule has 2 N–H and O–H groups in total. The zero-order valence-electron chi connectivity index (χ0n) is 16.5. The van der Waals surface area contributed by atoms with E-state index in [0.717, 1.165) is 43.5 Å². The third-order valence-corrected chi connectivity index (χ3v) is 5.10. The number of rotatable bonds is 5. The van der Waals surface area contributed by atoms with Crippen LogP contribution in [0.1, 0.15) is 48.0 Å². The minimum absolute atomic E-state index is 0. The minimum Gasteiger partial charge on any atom is -0.362 e. The second-order valence-corrected chi connectivity index (χ2v) is 7.76. The van der Waals surface area contributed by atoms with Gasteiger partial charge in [0.15, 0.2) is 0 Å². The number of carbonyl (C=O) groups is 1. The molecule has 1 heterocycles. The Morgan fingerprint density at radius 1 is 1.21 bits per heavy atom. The van der Waals surface area contributed by atoms with Crippen LogP contribution in [0.15, 0.2) is 30.5 Å². The van der Waals surface area contributed by atoms with Crippen LogP contribution >= 0.6 is 24.0 Å². The maximum absolute atomic E-state index is 12.8. The third-order valence-electron chi connectivity index (χ3n) is 4.87. The minimum atomic E-state index is -0.559. The first kappa shape index (κ1) is 22.2. The number of amides is 1. The van der Waals surface area contributed by atoms with Crippen molar-refractivity contribution in [3.8, 4) is 0 Å². The maximum Gasteiger partial charge on any atom is 0.253 e. The number of nitrogens with one attached hydrogen (secondary N) is 2. The molecule has 1 saturated carbocycles. The van der Waals surface area contributed by atoms with E-state index in [-0.39, 0.29) is 18.3 Å². The monoisotopic (exact) mass is 423 g/mol. The van der Waals surface area contributed by atoms with Crippen LogP contribution in [0.25, 0.3) is 0 Å². The number of anilines is 2. The van der Waals surface area contributed by atoms with Crippen molar-refractivity contribution in [2.24, 2.45) is 0 Å². The van der Waals surface area contributed by atoms with Crippen LogP contribution < -0.4 is 15.5 Å². The number of benzene rings is 1. The van der Waals surface area contributed by atoms with Crippen molar-refractivity contribution < 1.29 is 4.79 Å². The van der Waals surface area contributed by atoms with E-state index in [1.807, 2.05) is 25.9 Å². The molecule has 0 atom stereocenters. The highest BCUT2D eigenvalue weighted by Crippen LogP contribution is 2.30. The highest BCUT2D eigenvalue weighted by Gasteiger charge is 2.34. The summed E-state index contributed by atoms with van der Waals surface area (Å²) < 4.78 is 0. The van der Waals surface area contributed by atoms with Gasteiger partial charge in [-0.2, -0.15) is 4.98 Å². The van der Waals surface area contributed by atoms with Gasteiger partial charge >= 0.3 is 0 Å².